The van der Waals surface area contributed by atoms with E-state index in [9.17, 15) is 0 Å². The monoisotopic (exact) mass is 294 g/mol. The van der Waals surface area contributed by atoms with Crippen molar-refractivity contribution < 1.29 is 4.52 Å². The number of aromatic nitrogens is 2. The van der Waals surface area contributed by atoms with Gasteiger partial charge in [0.2, 0.25) is 0 Å². The highest BCUT2D eigenvalue weighted by molar-refractivity contribution is 5.85. The Balaban J connectivity index is 0.00000147. The summed E-state index contributed by atoms with van der Waals surface area (Å²) in [5, 5.41) is 4.06. The van der Waals surface area contributed by atoms with Gasteiger partial charge in [0.05, 0.1) is 6.54 Å². The Morgan fingerprint density at radius 2 is 2.10 bits per heavy atom. The number of halogens is 1. The Morgan fingerprint density at radius 3 is 2.85 bits per heavy atom. The van der Waals surface area contributed by atoms with Crippen LogP contribution >= 0.6 is 12.4 Å². The van der Waals surface area contributed by atoms with Crippen LogP contribution in [-0.4, -0.2) is 34.2 Å². The molecule has 1 atom stereocenters. The smallest absolute Gasteiger partial charge is 0.257 e. The lowest BCUT2D eigenvalue weighted by Gasteiger charge is -2.20. The Bertz CT molecular complexity index is 531. The molecule has 2 N–H and O–H groups in total. The van der Waals surface area contributed by atoms with Gasteiger partial charge in [-0.2, -0.15) is 4.98 Å². The van der Waals surface area contributed by atoms with Crippen molar-refractivity contribution in [2.75, 3.05) is 13.1 Å². The molecule has 1 fully saturated rings. The van der Waals surface area contributed by atoms with E-state index in [0.29, 0.717) is 18.5 Å². The largest absolute Gasteiger partial charge is 0.334 e. The van der Waals surface area contributed by atoms with Gasteiger partial charge in [-0.25, -0.2) is 0 Å². The van der Waals surface area contributed by atoms with Crippen LogP contribution < -0.4 is 5.73 Å². The minimum absolute atomic E-state index is 0. The van der Waals surface area contributed by atoms with E-state index in [1.54, 1.807) is 0 Å². The van der Waals surface area contributed by atoms with Crippen LogP contribution in [0.3, 0.4) is 0 Å². The van der Waals surface area contributed by atoms with Gasteiger partial charge in [0.15, 0.2) is 5.82 Å². The fourth-order valence-corrected chi connectivity index (χ4v) is 2.57. The van der Waals surface area contributed by atoms with E-state index in [1.165, 1.54) is 12.8 Å². The molecule has 3 rings (SSSR count). The highest BCUT2D eigenvalue weighted by atomic mass is 35.5. The first-order valence-corrected chi connectivity index (χ1v) is 6.69. The lowest BCUT2D eigenvalue weighted by Crippen LogP contribution is -2.35. The van der Waals surface area contributed by atoms with E-state index in [-0.39, 0.29) is 12.4 Å². The molecule has 0 spiro atoms. The van der Waals surface area contributed by atoms with Crippen LogP contribution in [0, 0.1) is 0 Å². The third-order valence-electron chi connectivity index (χ3n) is 3.60. The molecule has 0 radical (unpaired) electrons. The highest BCUT2D eigenvalue weighted by Gasteiger charge is 2.24. The molecule has 1 unspecified atom stereocenters. The topological polar surface area (TPSA) is 68.2 Å². The minimum atomic E-state index is 0. The molecule has 0 amide bonds. The predicted octanol–water partition coefficient (Wildman–Crippen LogP) is 2.08. The van der Waals surface area contributed by atoms with Gasteiger partial charge < -0.3 is 10.3 Å². The third-order valence-corrected chi connectivity index (χ3v) is 3.60. The summed E-state index contributed by atoms with van der Waals surface area (Å²) in [5.74, 6) is 1.32. The molecule has 0 bridgehead atoms. The lowest BCUT2D eigenvalue weighted by atomic mass is 10.2. The molecular formula is C14H19ClN4O. The summed E-state index contributed by atoms with van der Waals surface area (Å²) in [4.78, 5) is 6.79. The summed E-state index contributed by atoms with van der Waals surface area (Å²) in [6, 6.07) is 10.3. The van der Waals surface area contributed by atoms with Crippen molar-refractivity contribution in [3.8, 4) is 11.5 Å². The van der Waals surface area contributed by atoms with Crippen LogP contribution in [-0.2, 0) is 6.54 Å². The standard InChI is InChI=1S/C14H18N4O.ClH/c15-9-12-7-4-8-18(12)10-13-16-14(19-17-13)11-5-2-1-3-6-11;/h1-3,5-6,12H,4,7-10,15H2;1H. The van der Waals surface area contributed by atoms with Gasteiger partial charge in [-0.1, -0.05) is 23.4 Å². The zero-order chi connectivity index (χ0) is 13.1. The first-order chi connectivity index (χ1) is 9.36. The lowest BCUT2D eigenvalue weighted by molar-refractivity contribution is 0.240. The van der Waals surface area contributed by atoms with Crippen molar-refractivity contribution >= 4 is 12.4 Å². The fraction of sp³-hybridized carbons (Fsp3) is 0.429. The molecule has 1 aliphatic heterocycles. The van der Waals surface area contributed by atoms with Crippen molar-refractivity contribution in [1.29, 1.82) is 0 Å². The zero-order valence-electron chi connectivity index (χ0n) is 11.2. The van der Waals surface area contributed by atoms with E-state index >= 15 is 0 Å². The van der Waals surface area contributed by atoms with Gasteiger partial charge in [0.25, 0.3) is 5.89 Å². The molecule has 108 valence electrons. The number of likely N-dealkylation sites (tertiary alicyclic amines) is 1. The molecule has 2 aromatic rings. The van der Waals surface area contributed by atoms with Crippen LogP contribution in [0.2, 0.25) is 0 Å². The van der Waals surface area contributed by atoms with E-state index in [1.807, 2.05) is 30.3 Å². The molecule has 20 heavy (non-hydrogen) atoms. The molecule has 2 heterocycles. The van der Waals surface area contributed by atoms with Crippen LogP contribution in [0.15, 0.2) is 34.9 Å². The summed E-state index contributed by atoms with van der Waals surface area (Å²) in [6.45, 7) is 2.48. The molecule has 5 nitrogen and oxygen atoms in total. The predicted molar refractivity (Wildman–Crippen MR) is 79.5 cm³/mol. The number of rotatable bonds is 4. The molecule has 1 aliphatic rings. The van der Waals surface area contributed by atoms with Gasteiger partial charge in [0, 0.05) is 18.2 Å². The molecule has 1 aromatic carbocycles. The number of hydrogen-bond donors (Lipinski definition) is 1. The van der Waals surface area contributed by atoms with Crippen molar-refractivity contribution in [3.63, 3.8) is 0 Å². The molecule has 1 saturated heterocycles. The average Bonchev–Trinajstić information content (AvgIpc) is 3.09. The van der Waals surface area contributed by atoms with E-state index in [4.69, 9.17) is 10.3 Å². The Morgan fingerprint density at radius 1 is 1.30 bits per heavy atom. The maximum atomic E-state index is 5.77. The summed E-state index contributed by atoms with van der Waals surface area (Å²) in [5.41, 5.74) is 6.72. The normalized spacial score (nSPS) is 18.9. The van der Waals surface area contributed by atoms with Gasteiger partial charge in [-0.05, 0) is 31.5 Å². The highest BCUT2D eigenvalue weighted by Crippen LogP contribution is 2.20. The Kier molecular flexibility index (Phi) is 5.11. The number of hydrogen-bond acceptors (Lipinski definition) is 5. The molecular weight excluding hydrogens is 276 g/mol. The second-order valence-corrected chi connectivity index (χ2v) is 4.88. The molecule has 0 saturated carbocycles. The quantitative estimate of drug-likeness (QED) is 0.935. The van der Waals surface area contributed by atoms with Crippen molar-refractivity contribution in [1.82, 2.24) is 15.0 Å². The van der Waals surface area contributed by atoms with E-state index in [2.05, 4.69) is 15.0 Å². The number of benzene rings is 1. The van der Waals surface area contributed by atoms with Gasteiger partial charge in [-0.3, -0.25) is 4.90 Å². The molecule has 1 aromatic heterocycles. The fourth-order valence-electron chi connectivity index (χ4n) is 2.57. The van der Waals surface area contributed by atoms with E-state index < -0.39 is 0 Å². The average molecular weight is 295 g/mol. The summed E-state index contributed by atoms with van der Waals surface area (Å²) in [7, 11) is 0. The summed E-state index contributed by atoms with van der Waals surface area (Å²) in [6.07, 6.45) is 2.37. The zero-order valence-corrected chi connectivity index (χ0v) is 12.1. The molecule has 6 heteroatoms. The SMILES string of the molecule is Cl.NCC1CCCN1Cc1noc(-c2ccccc2)n1. The first kappa shape index (κ1) is 15.0. The summed E-state index contributed by atoms with van der Waals surface area (Å²) >= 11 is 0. The van der Waals surface area contributed by atoms with Gasteiger partial charge in [-0.15, -0.1) is 12.4 Å². The second-order valence-electron chi connectivity index (χ2n) is 4.88. The minimum Gasteiger partial charge on any atom is -0.334 e. The maximum absolute atomic E-state index is 5.77. The van der Waals surface area contributed by atoms with Crippen LogP contribution in [0.4, 0.5) is 0 Å². The molecule has 0 aliphatic carbocycles. The van der Waals surface area contributed by atoms with Crippen LogP contribution in [0.25, 0.3) is 11.5 Å². The Hall–Kier alpha value is -1.43. The van der Waals surface area contributed by atoms with Gasteiger partial charge in [0.1, 0.15) is 0 Å². The second kappa shape index (κ2) is 6.83. The maximum Gasteiger partial charge on any atom is 0.257 e. The van der Waals surface area contributed by atoms with Crippen LogP contribution in [0.1, 0.15) is 18.7 Å². The number of nitrogens with zero attached hydrogens (tertiary/aromatic N) is 3. The Labute approximate surface area is 124 Å². The number of nitrogens with two attached hydrogens (primary N) is 1. The first-order valence-electron chi connectivity index (χ1n) is 6.69. The van der Waals surface area contributed by atoms with E-state index in [0.717, 1.165) is 24.5 Å². The van der Waals surface area contributed by atoms with Gasteiger partial charge >= 0.3 is 0 Å². The van der Waals surface area contributed by atoms with Crippen LogP contribution in [0.5, 0.6) is 0 Å². The van der Waals surface area contributed by atoms with Crippen molar-refractivity contribution in [3.05, 3.63) is 36.2 Å². The summed E-state index contributed by atoms with van der Waals surface area (Å²) < 4.78 is 5.31. The third kappa shape index (κ3) is 3.17. The van der Waals surface area contributed by atoms with Crippen molar-refractivity contribution in [2.45, 2.75) is 25.4 Å². The van der Waals surface area contributed by atoms with Crippen molar-refractivity contribution in [2.24, 2.45) is 5.73 Å².